The SMILES string of the molecule is CN(C(=O)O)C1CCN(c2cc(F)c(-c3cnc(N4CCOCC4)nc3)cc2N)C1. The first-order chi connectivity index (χ1) is 14.4. The number of likely N-dealkylation sites (N-methyl/N-ethyl adjacent to an activating group) is 1. The van der Waals surface area contributed by atoms with E-state index in [1.807, 2.05) is 9.80 Å². The minimum Gasteiger partial charge on any atom is -0.465 e. The third-order valence-corrected chi connectivity index (χ3v) is 5.71. The molecule has 0 saturated carbocycles. The molecule has 2 saturated heterocycles. The van der Waals surface area contributed by atoms with Gasteiger partial charge >= 0.3 is 6.09 Å². The Kier molecular flexibility index (Phi) is 5.58. The fourth-order valence-corrected chi connectivity index (χ4v) is 3.89. The van der Waals surface area contributed by atoms with E-state index < -0.39 is 11.9 Å². The molecule has 9 nitrogen and oxygen atoms in total. The first-order valence-electron chi connectivity index (χ1n) is 9.89. The number of morpholine rings is 1. The first-order valence-corrected chi connectivity index (χ1v) is 9.89. The first kappa shape index (κ1) is 20.1. The van der Waals surface area contributed by atoms with Crippen molar-refractivity contribution in [1.29, 1.82) is 0 Å². The third kappa shape index (κ3) is 3.95. The number of rotatable bonds is 4. The van der Waals surface area contributed by atoms with E-state index in [0.29, 0.717) is 61.2 Å². The summed E-state index contributed by atoms with van der Waals surface area (Å²) in [6, 6.07) is 2.85. The Morgan fingerprint density at radius 3 is 2.60 bits per heavy atom. The number of aromatic nitrogens is 2. The summed E-state index contributed by atoms with van der Waals surface area (Å²) in [5.74, 6) is 0.176. The number of hydrogen-bond acceptors (Lipinski definition) is 7. The molecule has 1 atom stereocenters. The second-order valence-corrected chi connectivity index (χ2v) is 7.54. The normalized spacial score (nSPS) is 19.2. The second kappa shape index (κ2) is 8.31. The van der Waals surface area contributed by atoms with Crippen LogP contribution in [-0.4, -0.2) is 78.5 Å². The minimum atomic E-state index is -0.975. The molecule has 4 rings (SSSR count). The van der Waals surface area contributed by atoms with E-state index in [0.717, 1.165) is 13.1 Å². The Morgan fingerprint density at radius 1 is 1.23 bits per heavy atom. The van der Waals surface area contributed by atoms with Crippen LogP contribution in [0.3, 0.4) is 0 Å². The van der Waals surface area contributed by atoms with Gasteiger partial charge in [0.2, 0.25) is 5.95 Å². The molecule has 2 aliphatic rings. The van der Waals surface area contributed by atoms with Crippen molar-refractivity contribution < 1.29 is 19.0 Å². The van der Waals surface area contributed by atoms with Gasteiger partial charge in [-0.15, -0.1) is 0 Å². The molecule has 2 aromatic rings. The number of halogens is 1. The molecular formula is C20H25FN6O3. The minimum absolute atomic E-state index is 0.147. The molecule has 2 fully saturated rings. The van der Waals surface area contributed by atoms with Gasteiger partial charge in [0.25, 0.3) is 0 Å². The highest BCUT2D eigenvalue weighted by molar-refractivity contribution is 5.77. The lowest BCUT2D eigenvalue weighted by molar-refractivity contribution is 0.122. The summed E-state index contributed by atoms with van der Waals surface area (Å²) in [6.45, 7) is 3.81. The molecule has 3 N–H and O–H groups in total. The topological polar surface area (TPSA) is 108 Å². The van der Waals surface area contributed by atoms with Crippen molar-refractivity contribution in [2.75, 3.05) is 62.0 Å². The predicted molar refractivity (Wildman–Crippen MR) is 111 cm³/mol. The zero-order chi connectivity index (χ0) is 21.3. The van der Waals surface area contributed by atoms with Crippen LogP contribution in [0, 0.1) is 5.82 Å². The summed E-state index contributed by atoms with van der Waals surface area (Å²) in [6.07, 6.45) is 2.89. The smallest absolute Gasteiger partial charge is 0.407 e. The molecule has 30 heavy (non-hydrogen) atoms. The third-order valence-electron chi connectivity index (χ3n) is 5.71. The molecule has 2 aliphatic heterocycles. The van der Waals surface area contributed by atoms with Crippen LogP contribution in [0.1, 0.15) is 6.42 Å². The van der Waals surface area contributed by atoms with Gasteiger partial charge < -0.3 is 30.3 Å². The van der Waals surface area contributed by atoms with E-state index in [-0.39, 0.29) is 6.04 Å². The molecule has 160 valence electrons. The van der Waals surface area contributed by atoms with Crippen molar-refractivity contribution in [2.24, 2.45) is 0 Å². The van der Waals surface area contributed by atoms with Crippen LogP contribution in [-0.2, 0) is 4.74 Å². The number of nitrogens with zero attached hydrogens (tertiary/aromatic N) is 5. The molecule has 10 heteroatoms. The van der Waals surface area contributed by atoms with Crippen molar-refractivity contribution in [3.05, 3.63) is 30.3 Å². The van der Waals surface area contributed by atoms with Crippen molar-refractivity contribution in [3.8, 4) is 11.1 Å². The largest absolute Gasteiger partial charge is 0.465 e. The van der Waals surface area contributed by atoms with E-state index in [2.05, 4.69) is 9.97 Å². The molecule has 0 bridgehead atoms. The highest BCUT2D eigenvalue weighted by Gasteiger charge is 2.29. The maximum Gasteiger partial charge on any atom is 0.407 e. The molecule has 0 aliphatic carbocycles. The Balaban J connectivity index is 1.52. The average molecular weight is 416 g/mol. The lowest BCUT2D eigenvalue weighted by Crippen LogP contribution is -2.38. The fraction of sp³-hybridized carbons (Fsp3) is 0.450. The number of amides is 1. The van der Waals surface area contributed by atoms with Gasteiger partial charge in [0.15, 0.2) is 0 Å². The zero-order valence-electron chi connectivity index (χ0n) is 16.8. The Hall–Kier alpha value is -3.14. The highest BCUT2D eigenvalue weighted by Crippen LogP contribution is 2.34. The Morgan fingerprint density at radius 2 is 1.93 bits per heavy atom. The molecular weight excluding hydrogens is 391 g/mol. The predicted octanol–water partition coefficient (Wildman–Crippen LogP) is 1.89. The van der Waals surface area contributed by atoms with Gasteiger partial charge in [-0.1, -0.05) is 0 Å². The van der Waals surface area contributed by atoms with Crippen LogP contribution in [0.25, 0.3) is 11.1 Å². The molecule has 1 aromatic heterocycles. The number of ether oxygens (including phenoxy) is 1. The van der Waals surface area contributed by atoms with Crippen molar-refractivity contribution >= 4 is 23.4 Å². The molecule has 3 heterocycles. The summed E-state index contributed by atoms with van der Waals surface area (Å²) >= 11 is 0. The molecule has 1 amide bonds. The number of carboxylic acid groups (broad SMARTS) is 1. The van der Waals surface area contributed by atoms with Crippen LogP contribution in [0.5, 0.6) is 0 Å². The van der Waals surface area contributed by atoms with Crippen molar-refractivity contribution in [1.82, 2.24) is 14.9 Å². The lowest BCUT2D eigenvalue weighted by Gasteiger charge is -2.26. The fourth-order valence-electron chi connectivity index (χ4n) is 3.89. The van der Waals surface area contributed by atoms with Gasteiger partial charge in [0.05, 0.1) is 30.6 Å². The summed E-state index contributed by atoms with van der Waals surface area (Å²) in [4.78, 5) is 25.2. The standard InChI is InChI=1S/C20H25FN6O3/c1-25(20(28)29)14-2-3-27(12-14)18-9-16(21)15(8-17(18)22)13-10-23-19(24-11-13)26-4-6-30-7-5-26/h8-11,14H,2-7,12,22H2,1H3,(H,28,29). The van der Waals surface area contributed by atoms with Gasteiger partial charge in [-0.3, -0.25) is 0 Å². The van der Waals surface area contributed by atoms with E-state index in [4.69, 9.17) is 15.6 Å². The van der Waals surface area contributed by atoms with Gasteiger partial charge in [-0.25, -0.2) is 19.2 Å². The highest BCUT2D eigenvalue weighted by atomic mass is 19.1. The number of nitrogen functional groups attached to an aromatic ring is 1. The molecule has 0 radical (unpaired) electrons. The van der Waals surface area contributed by atoms with Crippen LogP contribution in [0.4, 0.5) is 26.5 Å². The number of carbonyl (C=O) groups is 1. The Labute approximate surface area is 173 Å². The number of hydrogen-bond donors (Lipinski definition) is 2. The second-order valence-electron chi connectivity index (χ2n) is 7.54. The molecule has 0 spiro atoms. The van der Waals surface area contributed by atoms with Gasteiger partial charge in [0, 0.05) is 56.7 Å². The lowest BCUT2D eigenvalue weighted by atomic mass is 10.1. The van der Waals surface area contributed by atoms with Gasteiger partial charge in [-0.05, 0) is 18.6 Å². The number of anilines is 3. The van der Waals surface area contributed by atoms with Gasteiger partial charge in [-0.2, -0.15) is 0 Å². The van der Waals surface area contributed by atoms with Crippen molar-refractivity contribution in [3.63, 3.8) is 0 Å². The summed E-state index contributed by atoms with van der Waals surface area (Å²) in [5.41, 5.74) is 8.12. The van der Waals surface area contributed by atoms with Crippen LogP contribution >= 0.6 is 0 Å². The van der Waals surface area contributed by atoms with E-state index in [1.165, 1.54) is 11.0 Å². The quantitative estimate of drug-likeness (QED) is 0.728. The van der Waals surface area contributed by atoms with E-state index in [1.54, 1.807) is 25.5 Å². The maximum absolute atomic E-state index is 14.9. The number of nitrogens with two attached hydrogens (primary N) is 1. The zero-order valence-corrected chi connectivity index (χ0v) is 16.8. The summed E-state index contributed by atoms with van der Waals surface area (Å²) in [7, 11) is 1.55. The van der Waals surface area contributed by atoms with Crippen molar-refractivity contribution in [2.45, 2.75) is 12.5 Å². The monoisotopic (exact) mass is 416 g/mol. The van der Waals surface area contributed by atoms with Crippen LogP contribution < -0.4 is 15.5 Å². The summed E-state index contributed by atoms with van der Waals surface area (Å²) in [5, 5.41) is 9.16. The average Bonchev–Trinajstić information content (AvgIpc) is 3.25. The van der Waals surface area contributed by atoms with E-state index in [9.17, 15) is 9.18 Å². The number of benzene rings is 1. The van der Waals surface area contributed by atoms with Gasteiger partial charge in [0.1, 0.15) is 5.82 Å². The van der Waals surface area contributed by atoms with E-state index >= 15 is 0 Å². The summed E-state index contributed by atoms with van der Waals surface area (Å²) < 4.78 is 20.3. The Bertz CT molecular complexity index is 920. The maximum atomic E-state index is 14.9. The van der Waals surface area contributed by atoms with Crippen LogP contribution in [0.2, 0.25) is 0 Å². The molecule has 1 aromatic carbocycles. The van der Waals surface area contributed by atoms with Crippen LogP contribution in [0.15, 0.2) is 24.5 Å². The molecule has 1 unspecified atom stereocenters.